The maximum Gasteiger partial charge on any atom is 0.165 e. The van der Waals surface area contributed by atoms with Gasteiger partial charge in [0.25, 0.3) is 0 Å². The van der Waals surface area contributed by atoms with Crippen LogP contribution in [0.5, 0.6) is 0 Å². The van der Waals surface area contributed by atoms with Crippen molar-refractivity contribution < 1.29 is 30.3 Å². The van der Waals surface area contributed by atoms with Crippen LogP contribution in [0.4, 0.5) is 0 Å². The Labute approximate surface area is 86.8 Å². The van der Waals surface area contributed by atoms with Crippen molar-refractivity contribution in [1.82, 2.24) is 0 Å². The van der Waals surface area contributed by atoms with Crippen molar-refractivity contribution in [3.05, 3.63) is 0 Å². The van der Waals surface area contributed by atoms with Gasteiger partial charge in [0.2, 0.25) is 0 Å². The van der Waals surface area contributed by atoms with Gasteiger partial charge in [-0.1, -0.05) is 0 Å². The van der Waals surface area contributed by atoms with Crippen molar-refractivity contribution in [2.75, 3.05) is 13.2 Å². The molecule has 0 rings (SSSR count). The predicted molar refractivity (Wildman–Crippen MR) is 49.8 cm³/mol. The molecule has 0 aliphatic heterocycles. The summed E-state index contributed by atoms with van der Waals surface area (Å²) in [6, 6.07) is 0. The van der Waals surface area contributed by atoms with Gasteiger partial charge in [-0.3, -0.25) is 4.79 Å². The third-order valence-electron chi connectivity index (χ3n) is 1.98. The molecular weight excluding hydrogens is 206 g/mol. The van der Waals surface area contributed by atoms with E-state index in [4.69, 9.17) is 15.9 Å². The van der Waals surface area contributed by atoms with Gasteiger partial charge < -0.3 is 31.3 Å². The second-order valence-electron chi connectivity index (χ2n) is 3.18. The van der Waals surface area contributed by atoms with E-state index in [2.05, 4.69) is 0 Å². The van der Waals surface area contributed by atoms with E-state index in [9.17, 15) is 20.1 Å². The van der Waals surface area contributed by atoms with E-state index in [1.807, 2.05) is 0 Å². The highest BCUT2D eigenvalue weighted by Gasteiger charge is 2.33. The third kappa shape index (κ3) is 4.20. The Morgan fingerprint density at radius 1 is 1.13 bits per heavy atom. The number of Topliss-reactive ketones (excluding diaryl/α,β-unsaturated/α-hetero) is 1. The van der Waals surface area contributed by atoms with Crippen LogP contribution in [0.25, 0.3) is 0 Å². The van der Waals surface area contributed by atoms with Crippen LogP contribution in [-0.2, 0) is 4.79 Å². The maximum absolute atomic E-state index is 11.1. The minimum Gasteiger partial charge on any atom is -0.394 e. The first kappa shape index (κ1) is 14.4. The van der Waals surface area contributed by atoms with E-state index in [0.29, 0.717) is 0 Å². The van der Waals surface area contributed by atoms with Crippen LogP contribution < -0.4 is 5.73 Å². The fraction of sp³-hybridized carbons (Fsp3) is 0.875. The Kier molecular flexibility index (Phi) is 6.57. The highest BCUT2D eigenvalue weighted by atomic mass is 16.4. The SMILES string of the molecule is NCCC(=O)C(O)C(O)C(O)C(O)CO. The van der Waals surface area contributed by atoms with Crippen LogP contribution in [-0.4, -0.2) is 68.9 Å². The molecule has 0 aromatic rings. The fourth-order valence-electron chi connectivity index (χ4n) is 1.00. The lowest BCUT2D eigenvalue weighted by atomic mass is 9.99. The van der Waals surface area contributed by atoms with E-state index >= 15 is 0 Å². The van der Waals surface area contributed by atoms with Gasteiger partial charge in [0, 0.05) is 6.42 Å². The first-order valence-electron chi connectivity index (χ1n) is 4.51. The molecule has 0 saturated heterocycles. The minimum absolute atomic E-state index is 0.0151. The Morgan fingerprint density at radius 2 is 1.67 bits per heavy atom. The number of aliphatic hydroxyl groups is 5. The zero-order chi connectivity index (χ0) is 12.0. The van der Waals surface area contributed by atoms with Gasteiger partial charge in [0.05, 0.1) is 6.61 Å². The quantitative estimate of drug-likeness (QED) is 0.261. The maximum atomic E-state index is 11.1. The molecule has 0 fully saturated rings. The minimum atomic E-state index is -1.84. The smallest absolute Gasteiger partial charge is 0.165 e. The molecule has 7 N–H and O–H groups in total. The number of aliphatic hydroxyl groups excluding tert-OH is 5. The number of hydrogen-bond donors (Lipinski definition) is 6. The zero-order valence-corrected chi connectivity index (χ0v) is 8.15. The topological polar surface area (TPSA) is 144 Å². The normalized spacial score (nSPS) is 19.3. The Morgan fingerprint density at radius 3 is 2.07 bits per heavy atom. The number of rotatable bonds is 7. The number of carbonyl (C=O) groups is 1. The average Bonchev–Trinajstić information content (AvgIpc) is 2.25. The third-order valence-corrected chi connectivity index (χ3v) is 1.98. The average molecular weight is 223 g/mol. The first-order chi connectivity index (χ1) is 6.95. The molecule has 4 atom stereocenters. The monoisotopic (exact) mass is 223 g/mol. The van der Waals surface area contributed by atoms with E-state index in [-0.39, 0.29) is 13.0 Å². The molecule has 4 unspecified atom stereocenters. The van der Waals surface area contributed by atoms with Gasteiger partial charge in [-0.05, 0) is 6.54 Å². The summed E-state index contributed by atoms with van der Waals surface area (Å²) in [6.45, 7) is -0.767. The Balaban J connectivity index is 4.29. The van der Waals surface area contributed by atoms with E-state index in [1.54, 1.807) is 0 Å². The largest absolute Gasteiger partial charge is 0.394 e. The van der Waals surface area contributed by atoms with E-state index in [0.717, 1.165) is 0 Å². The standard InChI is InChI=1S/C8H17NO6/c9-2-1-4(11)6(13)8(15)7(14)5(12)3-10/h5-8,10,12-15H,1-3,9H2. The highest BCUT2D eigenvalue weighted by molar-refractivity contribution is 5.83. The Hall–Kier alpha value is -0.570. The van der Waals surface area contributed by atoms with Gasteiger partial charge >= 0.3 is 0 Å². The molecule has 0 spiro atoms. The van der Waals surface area contributed by atoms with Crippen LogP contribution >= 0.6 is 0 Å². The van der Waals surface area contributed by atoms with Crippen molar-refractivity contribution in [2.45, 2.75) is 30.8 Å². The van der Waals surface area contributed by atoms with Crippen LogP contribution in [0, 0.1) is 0 Å². The van der Waals surface area contributed by atoms with Crippen molar-refractivity contribution in [3.63, 3.8) is 0 Å². The number of carbonyl (C=O) groups excluding carboxylic acids is 1. The lowest BCUT2D eigenvalue weighted by Gasteiger charge is -2.24. The van der Waals surface area contributed by atoms with Crippen LogP contribution in [0.3, 0.4) is 0 Å². The molecule has 0 bridgehead atoms. The molecule has 0 aliphatic rings. The fourth-order valence-corrected chi connectivity index (χ4v) is 1.00. The van der Waals surface area contributed by atoms with Crippen LogP contribution in [0.2, 0.25) is 0 Å². The van der Waals surface area contributed by atoms with Gasteiger partial charge in [-0.2, -0.15) is 0 Å². The molecule has 0 heterocycles. The molecule has 15 heavy (non-hydrogen) atoms. The zero-order valence-electron chi connectivity index (χ0n) is 8.15. The summed E-state index contributed by atoms with van der Waals surface area (Å²) < 4.78 is 0. The summed E-state index contributed by atoms with van der Waals surface area (Å²) >= 11 is 0. The van der Waals surface area contributed by atoms with Gasteiger partial charge in [-0.15, -0.1) is 0 Å². The van der Waals surface area contributed by atoms with E-state index < -0.39 is 36.8 Å². The second-order valence-corrected chi connectivity index (χ2v) is 3.18. The summed E-state index contributed by atoms with van der Waals surface area (Å²) in [5.41, 5.74) is 5.06. The van der Waals surface area contributed by atoms with Gasteiger partial charge in [-0.25, -0.2) is 0 Å². The van der Waals surface area contributed by atoms with Crippen molar-refractivity contribution >= 4 is 5.78 Å². The molecule has 0 radical (unpaired) electrons. The number of hydrogen-bond acceptors (Lipinski definition) is 7. The van der Waals surface area contributed by atoms with Crippen LogP contribution in [0.1, 0.15) is 6.42 Å². The van der Waals surface area contributed by atoms with E-state index in [1.165, 1.54) is 0 Å². The summed E-state index contributed by atoms with van der Waals surface area (Å²) in [6.07, 6.45) is -7.19. The molecule has 7 nitrogen and oxygen atoms in total. The van der Waals surface area contributed by atoms with Crippen molar-refractivity contribution in [3.8, 4) is 0 Å². The van der Waals surface area contributed by atoms with Gasteiger partial charge in [0.1, 0.15) is 24.4 Å². The number of nitrogens with two attached hydrogens (primary N) is 1. The Bertz CT molecular complexity index is 200. The molecule has 90 valence electrons. The van der Waals surface area contributed by atoms with Crippen molar-refractivity contribution in [2.24, 2.45) is 5.73 Å². The summed E-state index contributed by atoms with van der Waals surface area (Å²) in [5, 5.41) is 45.1. The summed E-state index contributed by atoms with van der Waals surface area (Å²) in [4.78, 5) is 11.1. The van der Waals surface area contributed by atoms with Gasteiger partial charge in [0.15, 0.2) is 5.78 Å². The molecule has 0 aromatic carbocycles. The lowest BCUT2D eigenvalue weighted by Crippen LogP contribution is -2.48. The summed E-state index contributed by atoms with van der Waals surface area (Å²) in [5.74, 6) is -0.728. The molecule has 0 amide bonds. The number of ketones is 1. The lowest BCUT2D eigenvalue weighted by molar-refractivity contribution is -0.146. The predicted octanol–water partition coefficient (Wildman–Crippen LogP) is -3.66. The first-order valence-corrected chi connectivity index (χ1v) is 4.51. The second kappa shape index (κ2) is 6.83. The van der Waals surface area contributed by atoms with Crippen molar-refractivity contribution in [1.29, 1.82) is 0 Å². The van der Waals surface area contributed by atoms with Crippen LogP contribution in [0.15, 0.2) is 0 Å². The molecular formula is C8H17NO6. The molecule has 0 aliphatic carbocycles. The molecule has 0 aromatic heterocycles. The molecule has 7 heteroatoms. The summed E-state index contributed by atoms with van der Waals surface area (Å²) in [7, 11) is 0. The molecule has 0 saturated carbocycles. The highest BCUT2D eigenvalue weighted by Crippen LogP contribution is 2.07.